The number of ether oxygens (including phenoxy) is 1. The lowest BCUT2D eigenvalue weighted by Crippen LogP contribution is -2.66. The Morgan fingerprint density at radius 1 is 1.09 bits per heavy atom. The lowest BCUT2D eigenvalue weighted by molar-refractivity contribution is -0.203. The van der Waals surface area contributed by atoms with Crippen molar-refractivity contribution in [3.05, 3.63) is 0 Å². The highest BCUT2D eigenvalue weighted by Gasteiger charge is 2.67. The molecule has 4 aliphatic carbocycles. The number of ketones is 2. The molecule has 0 amide bonds. The summed E-state index contributed by atoms with van der Waals surface area (Å²) in [4.78, 5) is 37.1. The Kier molecular flexibility index (Phi) is 6.86. The van der Waals surface area contributed by atoms with E-state index in [0.29, 0.717) is 48.9 Å². The summed E-state index contributed by atoms with van der Waals surface area (Å²) in [5.41, 5.74) is -2.15. The minimum absolute atomic E-state index is 0.0228. The van der Waals surface area contributed by atoms with Crippen LogP contribution in [0.1, 0.15) is 113 Å². The van der Waals surface area contributed by atoms with Gasteiger partial charge in [-0.05, 0) is 93.3 Å². The van der Waals surface area contributed by atoms with Gasteiger partial charge in [0.15, 0.2) is 5.78 Å². The zero-order valence-electron chi connectivity index (χ0n) is 23.1. The smallest absolute Gasteiger partial charge is 0.303 e. The fourth-order valence-electron chi connectivity index (χ4n) is 9.34. The van der Waals surface area contributed by atoms with E-state index in [1.54, 1.807) is 0 Å². The van der Waals surface area contributed by atoms with Gasteiger partial charge in [0.05, 0.1) is 0 Å². The van der Waals surface area contributed by atoms with E-state index in [1.807, 2.05) is 13.8 Å². The zero-order chi connectivity index (χ0) is 26.0. The van der Waals surface area contributed by atoms with E-state index < -0.39 is 16.6 Å². The molecular formula is C30H48O5. The van der Waals surface area contributed by atoms with Crippen LogP contribution in [0.2, 0.25) is 0 Å². The Balaban J connectivity index is 1.47. The highest BCUT2D eigenvalue weighted by molar-refractivity contribution is 5.96. The fraction of sp³-hybridized carbons (Fsp3) is 0.900. The molecule has 5 heteroatoms. The molecule has 0 radical (unpaired) electrons. The molecule has 35 heavy (non-hydrogen) atoms. The van der Waals surface area contributed by atoms with E-state index in [1.165, 1.54) is 19.8 Å². The van der Waals surface area contributed by atoms with Gasteiger partial charge in [0.25, 0.3) is 0 Å². The number of esters is 1. The van der Waals surface area contributed by atoms with Crippen LogP contribution in [-0.4, -0.2) is 33.8 Å². The van der Waals surface area contributed by atoms with E-state index in [2.05, 4.69) is 27.7 Å². The average Bonchev–Trinajstić information content (AvgIpc) is 3.10. The Hall–Kier alpha value is -1.23. The molecule has 0 bridgehead atoms. The number of carbonyl (C=O) groups excluding carboxylic acids is 3. The van der Waals surface area contributed by atoms with Crippen LogP contribution in [0.25, 0.3) is 0 Å². The Morgan fingerprint density at radius 3 is 2.43 bits per heavy atom. The first-order chi connectivity index (χ1) is 16.2. The van der Waals surface area contributed by atoms with E-state index in [0.717, 1.165) is 25.7 Å². The molecule has 0 saturated heterocycles. The summed E-state index contributed by atoms with van der Waals surface area (Å²) in [5.74, 6) is 2.43. The molecule has 4 saturated carbocycles. The van der Waals surface area contributed by atoms with Crippen LogP contribution in [0.15, 0.2) is 0 Å². The fourth-order valence-corrected chi connectivity index (χ4v) is 9.34. The van der Waals surface area contributed by atoms with Crippen molar-refractivity contribution in [1.29, 1.82) is 0 Å². The molecule has 198 valence electrons. The summed E-state index contributed by atoms with van der Waals surface area (Å²) < 4.78 is 5.59. The van der Waals surface area contributed by atoms with Crippen LogP contribution in [-0.2, 0) is 19.1 Å². The predicted octanol–water partition coefficient (Wildman–Crippen LogP) is 5.90. The van der Waals surface area contributed by atoms with Gasteiger partial charge >= 0.3 is 5.97 Å². The zero-order valence-corrected chi connectivity index (χ0v) is 23.1. The van der Waals surface area contributed by atoms with Gasteiger partial charge in [-0.15, -0.1) is 0 Å². The molecule has 0 aromatic heterocycles. The van der Waals surface area contributed by atoms with Crippen molar-refractivity contribution in [2.24, 2.45) is 46.3 Å². The number of hydrogen-bond donors (Lipinski definition) is 1. The van der Waals surface area contributed by atoms with Crippen LogP contribution >= 0.6 is 0 Å². The molecule has 5 nitrogen and oxygen atoms in total. The normalized spacial score (nSPS) is 43.1. The quantitative estimate of drug-likeness (QED) is 0.471. The Labute approximate surface area is 212 Å². The number of rotatable bonds is 6. The lowest BCUT2D eigenvalue weighted by atomic mass is 9.42. The number of carbonyl (C=O) groups is 3. The SMILES string of the molecule is CC(=O)OC(C)(C)[C@@H](C)CC[C@@H](C)[C@H]1CC[C@H]2[C@@H]3CC(=O)[C@@]4(O)CC(=O)CC[C@]4(C)[C@H]3CC[C@]12C. The third-order valence-corrected chi connectivity index (χ3v) is 11.9. The molecule has 4 aliphatic rings. The Morgan fingerprint density at radius 2 is 1.77 bits per heavy atom. The van der Waals surface area contributed by atoms with Crippen molar-refractivity contribution >= 4 is 17.5 Å². The highest BCUT2D eigenvalue weighted by atomic mass is 16.6. The lowest BCUT2D eigenvalue weighted by Gasteiger charge is -2.62. The van der Waals surface area contributed by atoms with Gasteiger partial charge in [0, 0.05) is 31.6 Å². The van der Waals surface area contributed by atoms with Crippen LogP contribution < -0.4 is 0 Å². The summed E-state index contributed by atoms with van der Waals surface area (Å²) in [6.45, 7) is 14.7. The molecule has 9 atom stereocenters. The average molecular weight is 489 g/mol. The summed E-state index contributed by atoms with van der Waals surface area (Å²) >= 11 is 0. The van der Waals surface area contributed by atoms with Crippen LogP contribution in [0.5, 0.6) is 0 Å². The number of Topliss-reactive ketones (excluding diaryl/α,β-unsaturated/α-hetero) is 2. The monoisotopic (exact) mass is 488 g/mol. The molecule has 0 aromatic carbocycles. The van der Waals surface area contributed by atoms with Gasteiger partial charge in [-0.2, -0.15) is 0 Å². The largest absolute Gasteiger partial charge is 0.460 e. The van der Waals surface area contributed by atoms with Gasteiger partial charge in [0.1, 0.15) is 17.0 Å². The van der Waals surface area contributed by atoms with Crippen LogP contribution in [0, 0.1) is 46.3 Å². The standard InChI is InChI=1S/C30H48O5/c1-18(8-9-19(2)27(4,5)35-20(3)31)23-10-11-24-22-16-26(33)30(34)17-21(32)12-15-29(30,7)25(22)13-14-28(23,24)6/h18-19,22-25,34H,8-17H2,1-7H3/t18-,19+,22+,23-,24+,25+,28-,29-,30+/m1/s1. The third-order valence-electron chi connectivity index (χ3n) is 11.9. The molecule has 1 N–H and O–H groups in total. The first-order valence-electron chi connectivity index (χ1n) is 14.1. The topological polar surface area (TPSA) is 80.7 Å². The van der Waals surface area contributed by atoms with Gasteiger partial charge in [-0.3, -0.25) is 14.4 Å². The maximum atomic E-state index is 13.4. The Bertz CT molecular complexity index is 878. The highest BCUT2D eigenvalue weighted by Crippen LogP contribution is 2.68. The van der Waals surface area contributed by atoms with Crippen LogP contribution in [0.3, 0.4) is 0 Å². The van der Waals surface area contributed by atoms with Gasteiger partial charge in [-0.1, -0.05) is 34.1 Å². The number of aliphatic hydroxyl groups is 1. The molecular weight excluding hydrogens is 440 g/mol. The van der Waals surface area contributed by atoms with Crippen molar-refractivity contribution in [2.45, 2.75) is 124 Å². The molecule has 0 spiro atoms. The number of fused-ring (bicyclic) bond motifs is 5. The molecule has 4 rings (SSSR count). The first kappa shape index (κ1) is 26.8. The van der Waals surface area contributed by atoms with Crippen molar-refractivity contribution in [1.82, 2.24) is 0 Å². The van der Waals surface area contributed by atoms with Crippen molar-refractivity contribution < 1.29 is 24.2 Å². The maximum Gasteiger partial charge on any atom is 0.303 e. The van der Waals surface area contributed by atoms with Crippen molar-refractivity contribution in [3.8, 4) is 0 Å². The summed E-state index contributed by atoms with van der Waals surface area (Å²) in [5, 5.41) is 11.5. The maximum absolute atomic E-state index is 13.4. The molecule has 0 heterocycles. The minimum atomic E-state index is -1.45. The van der Waals surface area contributed by atoms with Crippen LogP contribution in [0.4, 0.5) is 0 Å². The first-order valence-corrected chi connectivity index (χ1v) is 14.1. The van der Waals surface area contributed by atoms with Gasteiger partial charge < -0.3 is 9.84 Å². The van der Waals surface area contributed by atoms with Gasteiger partial charge in [0.2, 0.25) is 0 Å². The second kappa shape index (κ2) is 8.96. The van der Waals surface area contributed by atoms with Crippen molar-refractivity contribution in [3.63, 3.8) is 0 Å². The molecule has 4 fully saturated rings. The van der Waals surface area contributed by atoms with E-state index in [-0.39, 0.29) is 35.3 Å². The molecule has 0 aliphatic heterocycles. The predicted molar refractivity (Wildman–Crippen MR) is 135 cm³/mol. The van der Waals surface area contributed by atoms with E-state index in [9.17, 15) is 19.5 Å². The summed E-state index contributed by atoms with van der Waals surface area (Å²) in [6, 6.07) is 0. The van der Waals surface area contributed by atoms with E-state index in [4.69, 9.17) is 4.74 Å². The minimum Gasteiger partial charge on any atom is -0.460 e. The number of hydrogen-bond acceptors (Lipinski definition) is 5. The molecule has 0 aromatic rings. The third kappa shape index (κ3) is 4.22. The van der Waals surface area contributed by atoms with E-state index >= 15 is 0 Å². The molecule has 0 unspecified atom stereocenters. The summed E-state index contributed by atoms with van der Waals surface area (Å²) in [7, 11) is 0. The van der Waals surface area contributed by atoms with Crippen molar-refractivity contribution in [2.75, 3.05) is 0 Å². The van der Waals surface area contributed by atoms with Gasteiger partial charge in [-0.25, -0.2) is 0 Å². The summed E-state index contributed by atoms with van der Waals surface area (Å²) in [6.07, 6.45) is 8.34. The second-order valence-corrected chi connectivity index (χ2v) is 13.9. The second-order valence-electron chi connectivity index (χ2n) is 13.9.